The summed E-state index contributed by atoms with van der Waals surface area (Å²) in [4.78, 5) is 19.4. The number of para-hydroxylation sites is 1. The first-order chi connectivity index (χ1) is 15.2. The SMILES string of the molecule is COc1ccc(-c2noc(CN3CCC[C@@H](C(=O)Nc4ccccc4)C3)n2)cc1OC. The van der Waals surface area contributed by atoms with Crippen molar-refractivity contribution in [2.24, 2.45) is 5.92 Å². The van der Waals surface area contributed by atoms with Crippen LogP contribution in [0.5, 0.6) is 11.5 Å². The van der Waals surface area contributed by atoms with Crippen LogP contribution in [0.3, 0.4) is 0 Å². The first-order valence-electron chi connectivity index (χ1n) is 10.3. The van der Waals surface area contributed by atoms with Gasteiger partial charge in [-0.25, -0.2) is 0 Å². The molecule has 1 fully saturated rings. The van der Waals surface area contributed by atoms with Crippen molar-refractivity contribution >= 4 is 11.6 Å². The molecule has 0 saturated carbocycles. The number of anilines is 1. The molecule has 2 heterocycles. The van der Waals surface area contributed by atoms with Crippen molar-refractivity contribution in [3.8, 4) is 22.9 Å². The fourth-order valence-corrected chi connectivity index (χ4v) is 3.78. The van der Waals surface area contributed by atoms with Crippen LogP contribution in [0.25, 0.3) is 11.4 Å². The number of hydrogen-bond acceptors (Lipinski definition) is 7. The summed E-state index contributed by atoms with van der Waals surface area (Å²) in [6.07, 6.45) is 1.82. The molecule has 1 aliphatic heterocycles. The predicted octanol–water partition coefficient (Wildman–Crippen LogP) is 3.60. The lowest BCUT2D eigenvalue weighted by Gasteiger charge is -2.30. The number of carbonyl (C=O) groups excluding carboxylic acids is 1. The zero-order valence-corrected chi connectivity index (χ0v) is 17.7. The molecular weight excluding hydrogens is 396 g/mol. The highest BCUT2D eigenvalue weighted by Gasteiger charge is 2.27. The minimum absolute atomic E-state index is 0.0486. The van der Waals surface area contributed by atoms with E-state index in [1.807, 2.05) is 48.5 Å². The van der Waals surface area contributed by atoms with Gasteiger partial charge in [-0.15, -0.1) is 0 Å². The summed E-state index contributed by atoms with van der Waals surface area (Å²) in [5, 5.41) is 7.11. The average Bonchev–Trinajstić information content (AvgIpc) is 3.28. The number of methoxy groups -OCH3 is 2. The summed E-state index contributed by atoms with van der Waals surface area (Å²) in [6, 6.07) is 15.0. The molecule has 8 heteroatoms. The van der Waals surface area contributed by atoms with Crippen molar-refractivity contribution in [1.82, 2.24) is 15.0 Å². The van der Waals surface area contributed by atoms with E-state index in [2.05, 4.69) is 20.4 Å². The third-order valence-electron chi connectivity index (χ3n) is 5.39. The standard InChI is InChI=1S/C23H26N4O4/c1-29-19-11-10-16(13-20(19)30-2)22-25-21(31-26-22)15-27-12-6-7-17(14-27)23(28)24-18-8-4-3-5-9-18/h3-5,8-11,13,17H,6-7,12,14-15H2,1-2H3,(H,24,28)/t17-/m1/s1. The van der Waals surface area contributed by atoms with Gasteiger partial charge in [0, 0.05) is 17.8 Å². The minimum Gasteiger partial charge on any atom is -0.493 e. The number of ether oxygens (including phenoxy) is 2. The topological polar surface area (TPSA) is 89.7 Å². The first kappa shape index (κ1) is 20.9. The second-order valence-electron chi connectivity index (χ2n) is 7.51. The van der Waals surface area contributed by atoms with E-state index in [9.17, 15) is 4.79 Å². The summed E-state index contributed by atoms with van der Waals surface area (Å²) in [5.74, 6) is 2.24. The monoisotopic (exact) mass is 422 g/mol. The number of amides is 1. The van der Waals surface area contributed by atoms with E-state index in [0.29, 0.717) is 36.3 Å². The van der Waals surface area contributed by atoms with E-state index >= 15 is 0 Å². The summed E-state index contributed by atoms with van der Waals surface area (Å²) in [7, 11) is 3.18. The Kier molecular flexibility index (Phi) is 6.47. The van der Waals surface area contributed by atoms with Crippen LogP contribution in [-0.2, 0) is 11.3 Å². The number of nitrogens with one attached hydrogen (secondary N) is 1. The number of piperidine rings is 1. The maximum Gasteiger partial charge on any atom is 0.241 e. The average molecular weight is 422 g/mol. The van der Waals surface area contributed by atoms with Gasteiger partial charge in [0.15, 0.2) is 11.5 Å². The second kappa shape index (κ2) is 9.61. The molecule has 0 unspecified atom stereocenters. The van der Waals surface area contributed by atoms with E-state index < -0.39 is 0 Å². The molecule has 31 heavy (non-hydrogen) atoms. The normalized spacial score (nSPS) is 16.6. The maximum absolute atomic E-state index is 12.7. The fraction of sp³-hybridized carbons (Fsp3) is 0.348. The van der Waals surface area contributed by atoms with Crippen LogP contribution < -0.4 is 14.8 Å². The van der Waals surface area contributed by atoms with Crippen LogP contribution in [0, 0.1) is 5.92 Å². The van der Waals surface area contributed by atoms with E-state index in [-0.39, 0.29) is 11.8 Å². The molecule has 1 aliphatic rings. The zero-order valence-electron chi connectivity index (χ0n) is 17.7. The first-order valence-corrected chi connectivity index (χ1v) is 10.3. The Balaban J connectivity index is 1.38. The van der Waals surface area contributed by atoms with E-state index in [4.69, 9.17) is 14.0 Å². The maximum atomic E-state index is 12.7. The molecule has 0 radical (unpaired) electrons. The molecule has 8 nitrogen and oxygen atoms in total. The van der Waals surface area contributed by atoms with Crippen molar-refractivity contribution in [2.45, 2.75) is 19.4 Å². The Morgan fingerprint density at radius 2 is 1.97 bits per heavy atom. The van der Waals surface area contributed by atoms with Crippen LogP contribution in [0.15, 0.2) is 53.1 Å². The molecule has 2 aromatic carbocycles. The Labute approximate surface area is 181 Å². The summed E-state index contributed by atoms with van der Waals surface area (Å²) < 4.78 is 16.1. The quantitative estimate of drug-likeness (QED) is 0.622. The minimum atomic E-state index is -0.0674. The van der Waals surface area contributed by atoms with Gasteiger partial charge in [0.2, 0.25) is 17.6 Å². The predicted molar refractivity (Wildman–Crippen MR) is 116 cm³/mol. The molecular formula is C23H26N4O4. The number of carbonyl (C=O) groups is 1. The molecule has 162 valence electrons. The van der Waals surface area contributed by atoms with Gasteiger partial charge >= 0.3 is 0 Å². The van der Waals surface area contributed by atoms with Gasteiger partial charge in [-0.3, -0.25) is 9.69 Å². The molecule has 1 atom stereocenters. The smallest absolute Gasteiger partial charge is 0.241 e. The molecule has 0 aliphatic carbocycles. The molecule has 1 aromatic heterocycles. The number of likely N-dealkylation sites (tertiary alicyclic amines) is 1. The summed E-state index contributed by atoms with van der Waals surface area (Å²) >= 11 is 0. The van der Waals surface area contributed by atoms with Crippen molar-refractivity contribution in [1.29, 1.82) is 0 Å². The lowest BCUT2D eigenvalue weighted by Crippen LogP contribution is -2.40. The molecule has 3 aromatic rings. The Bertz CT molecular complexity index is 1020. The number of benzene rings is 2. The van der Waals surface area contributed by atoms with Gasteiger partial charge in [0.25, 0.3) is 0 Å². The van der Waals surface area contributed by atoms with Crippen LogP contribution in [0.2, 0.25) is 0 Å². The van der Waals surface area contributed by atoms with Crippen molar-refractivity contribution in [3.05, 3.63) is 54.4 Å². The summed E-state index contributed by atoms with van der Waals surface area (Å²) in [5.41, 5.74) is 1.60. The Morgan fingerprint density at radius 3 is 2.74 bits per heavy atom. The van der Waals surface area contributed by atoms with Crippen LogP contribution in [0.4, 0.5) is 5.69 Å². The van der Waals surface area contributed by atoms with Gasteiger partial charge in [-0.1, -0.05) is 23.4 Å². The lowest BCUT2D eigenvalue weighted by molar-refractivity contribution is -0.121. The molecule has 0 spiro atoms. The molecule has 0 bridgehead atoms. The van der Waals surface area contributed by atoms with E-state index in [1.54, 1.807) is 14.2 Å². The number of hydrogen-bond donors (Lipinski definition) is 1. The van der Waals surface area contributed by atoms with Crippen molar-refractivity contribution < 1.29 is 18.8 Å². The van der Waals surface area contributed by atoms with Crippen molar-refractivity contribution in [3.63, 3.8) is 0 Å². The van der Waals surface area contributed by atoms with Gasteiger partial charge < -0.3 is 19.3 Å². The third kappa shape index (κ3) is 5.03. The van der Waals surface area contributed by atoms with Gasteiger partial charge in [-0.2, -0.15) is 4.98 Å². The van der Waals surface area contributed by atoms with Gasteiger partial charge in [0.05, 0.1) is 26.7 Å². The van der Waals surface area contributed by atoms with Crippen molar-refractivity contribution in [2.75, 3.05) is 32.6 Å². The summed E-state index contributed by atoms with van der Waals surface area (Å²) in [6.45, 7) is 2.06. The Morgan fingerprint density at radius 1 is 1.16 bits per heavy atom. The van der Waals surface area contributed by atoms with Gasteiger partial charge in [-0.05, 0) is 49.7 Å². The van der Waals surface area contributed by atoms with Crippen LogP contribution in [-0.4, -0.2) is 48.3 Å². The molecule has 1 saturated heterocycles. The number of rotatable bonds is 7. The Hall–Kier alpha value is -3.39. The molecule has 1 N–H and O–H groups in total. The fourth-order valence-electron chi connectivity index (χ4n) is 3.78. The van der Waals surface area contributed by atoms with Crippen LogP contribution in [0.1, 0.15) is 18.7 Å². The van der Waals surface area contributed by atoms with Gasteiger partial charge in [0.1, 0.15) is 0 Å². The highest BCUT2D eigenvalue weighted by molar-refractivity contribution is 5.92. The highest BCUT2D eigenvalue weighted by atomic mass is 16.5. The zero-order chi connectivity index (χ0) is 21.6. The van der Waals surface area contributed by atoms with Crippen LogP contribution >= 0.6 is 0 Å². The highest BCUT2D eigenvalue weighted by Crippen LogP contribution is 2.31. The molecule has 4 rings (SSSR count). The van der Waals surface area contributed by atoms with E-state index in [1.165, 1.54) is 0 Å². The lowest BCUT2D eigenvalue weighted by atomic mass is 9.97. The molecule has 1 amide bonds. The largest absolute Gasteiger partial charge is 0.493 e. The number of aromatic nitrogens is 2. The number of nitrogens with zero attached hydrogens (tertiary/aromatic N) is 3. The third-order valence-corrected chi connectivity index (χ3v) is 5.39. The second-order valence-corrected chi connectivity index (χ2v) is 7.51. The van der Waals surface area contributed by atoms with E-state index in [0.717, 1.165) is 30.6 Å².